The molecule has 11 heavy (non-hydrogen) atoms. The molecule has 0 aliphatic heterocycles. The van der Waals surface area contributed by atoms with E-state index in [0.29, 0.717) is 4.75 Å². The SMILES string of the molecule is CNC(CO)CSC(C)(C)C. The lowest BCUT2D eigenvalue weighted by Gasteiger charge is -2.21. The first kappa shape index (κ1) is 11.3. The minimum absolute atomic E-state index is 0.222. The average molecular weight is 177 g/mol. The first-order chi connectivity index (χ1) is 4.99. The number of nitrogens with one attached hydrogen (secondary N) is 1. The minimum atomic E-state index is 0.222. The third-order valence-corrected chi connectivity index (χ3v) is 2.78. The van der Waals surface area contributed by atoms with Crippen molar-refractivity contribution in [2.24, 2.45) is 0 Å². The lowest BCUT2D eigenvalue weighted by atomic mass is 10.3. The van der Waals surface area contributed by atoms with Gasteiger partial charge >= 0.3 is 0 Å². The normalized spacial score (nSPS) is 15.0. The molecule has 68 valence electrons. The van der Waals surface area contributed by atoms with Gasteiger partial charge in [0, 0.05) is 16.5 Å². The van der Waals surface area contributed by atoms with Crippen molar-refractivity contribution >= 4 is 11.8 Å². The van der Waals surface area contributed by atoms with Crippen LogP contribution in [0.2, 0.25) is 0 Å². The molecule has 0 saturated heterocycles. The highest BCUT2D eigenvalue weighted by atomic mass is 32.2. The molecule has 0 aromatic rings. The van der Waals surface area contributed by atoms with Crippen molar-refractivity contribution in [3.05, 3.63) is 0 Å². The molecule has 1 atom stereocenters. The zero-order valence-electron chi connectivity index (χ0n) is 7.85. The maximum Gasteiger partial charge on any atom is 0.0592 e. The molecular formula is C8H19NOS. The van der Waals surface area contributed by atoms with Crippen molar-refractivity contribution in [2.75, 3.05) is 19.4 Å². The van der Waals surface area contributed by atoms with Crippen molar-refractivity contribution < 1.29 is 5.11 Å². The highest BCUT2D eigenvalue weighted by molar-refractivity contribution is 8.00. The highest BCUT2D eigenvalue weighted by Crippen LogP contribution is 2.23. The van der Waals surface area contributed by atoms with E-state index in [4.69, 9.17) is 5.11 Å². The Bertz CT molecular complexity index is 96.8. The topological polar surface area (TPSA) is 32.3 Å². The molecule has 0 heterocycles. The Morgan fingerprint density at radius 3 is 2.27 bits per heavy atom. The fourth-order valence-corrected chi connectivity index (χ4v) is 1.55. The fraction of sp³-hybridized carbons (Fsp3) is 1.00. The van der Waals surface area contributed by atoms with Gasteiger partial charge in [-0.15, -0.1) is 0 Å². The number of aliphatic hydroxyl groups is 1. The second kappa shape index (κ2) is 5.01. The summed E-state index contributed by atoms with van der Waals surface area (Å²) in [5.41, 5.74) is 0. The lowest BCUT2D eigenvalue weighted by molar-refractivity contribution is 0.260. The summed E-state index contributed by atoms with van der Waals surface area (Å²) < 4.78 is 0.296. The quantitative estimate of drug-likeness (QED) is 0.674. The van der Waals surface area contributed by atoms with Crippen molar-refractivity contribution in [2.45, 2.75) is 31.6 Å². The van der Waals surface area contributed by atoms with E-state index < -0.39 is 0 Å². The Morgan fingerprint density at radius 2 is 2.00 bits per heavy atom. The van der Waals surface area contributed by atoms with Crippen molar-refractivity contribution in [1.29, 1.82) is 0 Å². The number of thioether (sulfide) groups is 1. The molecule has 0 rings (SSSR count). The molecule has 0 bridgehead atoms. The van der Waals surface area contributed by atoms with Crippen LogP contribution >= 0.6 is 11.8 Å². The molecule has 0 aliphatic carbocycles. The maximum atomic E-state index is 8.85. The molecule has 1 unspecified atom stereocenters. The van der Waals surface area contributed by atoms with Crippen LogP contribution in [0, 0.1) is 0 Å². The Balaban J connectivity index is 3.51. The second-order valence-electron chi connectivity index (χ2n) is 3.59. The Labute approximate surface area is 73.8 Å². The molecule has 3 heteroatoms. The number of likely N-dealkylation sites (N-methyl/N-ethyl adjacent to an activating group) is 1. The number of hydrogen-bond donors (Lipinski definition) is 2. The predicted octanol–water partition coefficient (Wildman–Crippen LogP) is 1.10. The Hall–Kier alpha value is 0.270. The Kier molecular flexibility index (Phi) is 5.13. The monoisotopic (exact) mass is 177 g/mol. The third-order valence-electron chi connectivity index (χ3n) is 1.35. The van der Waals surface area contributed by atoms with E-state index >= 15 is 0 Å². The smallest absolute Gasteiger partial charge is 0.0592 e. The van der Waals surface area contributed by atoms with Crippen LogP contribution in [-0.2, 0) is 0 Å². The number of rotatable bonds is 4. The van der Waals surface area contributed by atoms with Crippen molar-refractivity contribution in [3.8, 4) is 0 Å². The Morgan fingerprint density at radius 1 is 1.45 bits per heavy atom. The molecule has 0 aromatic carbocycles. The van der Waals surface area contributed by atoms with Gasteiger partial charge in [0.2, 0.25) is 0 Å². The van der Waals surface area contributed by atoms with Gasteiger partial charge in [0.05, 0.1) is 6.61 Å². The summed E-state index contributed by atoms with van der Waals surface area (Å²) in [4.78, 5) is 0. The van der Waals surface area contributed by atoms with Gasteiger partial charge in [-0.3, -0.25) is 0 Å². The molecule has 0 radical (unpaired) electrons. The van der Waals surface area contributed by atoms with Gasteiger partial charge in [0.15, 0.2) is 0 Å². The van der Waals surface area contributed by atoms with Gasteiger partial charge < -0.3 is 10.4 Å². The maximum absolute atomic E-state index is 8.85. The van der Waals surface area contributed by atoms with E-state index in [-0.39, 0.29) is 12.6 Å². The molecule has 2 N–H and O–H groups in total. The summed E-state index contributed by atoms with van der Waals surface area (Å²) in [5.74, 6) is 0.969. The standard InChI is InChI=1S/C8H19NOS/c1-8(2,3)11-6-7(5-10)9-4/h7,9-10H,5-6H2,1-4H3. The summed E-state index contributed by atoms with van der Waals surface area (Å²) >= 11 is 1.87. The van der Waals surface area contributed by atoms with E-state index in [1.807, 2.05) is 18.8 Å². The molecule has 0 aromatic heterocycles. The fourth-order valence-electron chi connectivity index (χ4n) is 0.578. The summed E-state index contributed by atoms with van der Waals surface area (Å²) in [5, 5.41) is 11.9. The first-order valence-electron chi connectivity index (χ1n) is 3.91. The van der Waals surface area contributed by atoms with Crippen LogP contribution < -0.4 is 5.32 Å². The van der Waals surface area contributed by atoms with Crippen LogP contribution in [0.5, 0.6) is 0 Å². The summed E-state index contributed by atoms with van der Waals surface area (Å²) in [7, 11) is 1.88. The number of aliphatic hydroxyl groups excluding tert-OH is 1. The first-order valence-corrected chi connectivity index (χ1v) is 4.90. The molecule has 0 aliphatic rings. The van der Waals surface area contributed by atoms with Gasteiger partial charge in [0.1, 0.15) is 0 Å². The zero-order chi connectivity index (χ0) is 8.91. The molecule has 0 saturated carbocycles. The summed E-state index contributed by atoms with van der Waals surface area (Å²) in [6.45, 7) is 6.77. The highest BCUT2D eigenvalue weighted by Gasteiger charge is 2.13. The zero-order valence-corrected chi connectivity index (χ0v) is 8.66. The van der Waals surface area contributed by atoms with Gasteiger partial charge in [0.25, 0.3) is 0 Å². The van der Waals surface area contributed by atoms with Crippen LogP contribution in [-0.4, -0.2) is 35.3 Å². The summed E-state index contributed by atoms with van der Waals surface area (Å²) in [6.07, 6.45) is 0. The average Bonchev–Trinajstić information content (AvgIpc) is 1.88. The van der Waals surface area contributed by atoms with E-state index in [1.165, 1.54) is 0 Å². The molecule has 0 amide bonds. The molecule has 2 nitrogen and oxygen atoms in total. The van der Waals surface area contributed by atoms with Gasteiger partial charge in [-0.25, -0.2) is 0 Å². The summed E-state index contributed by atoms with van der Waals surface area (Å²) in [6, 6.07) is 0.235. The van der Waals surface area contributed by atoms with Crippen molar-refractivity contribution in [1.82, 2.24) is 5.32 Å². The van der Waals surface area contributed by atoms with E-state index in [9.17, 15) is 0 Å². The second-order valence-corrected chi connectivity index (χ2v) is 5.44. The third kappa shape index (κ3) is 6.66. The van der Waals surface area contributed by atoms with Gasteiger partial charge in [-0.1, -0.05) is 20.8 Å². The molecule has 0 fully saturated rings. The van der Waals surface area contributed by atoms with Crippen LogP contribution in [0.3, 0.4) is 0 Å². The lowest BCUT2D eigenvalue weighted by Crippen LogP contribution is -2.32. The van der Waals surface area contributed by atoms with Crippen LogP contribution in [0.1, 0.15) is 20.8 Å². The van der Waals surface area contributed by atoms with Gasteiger partial charge in [-0.05, 0) is 7.05 Å². The molecule has 0 spiro atoms. The van der Waals surface area contributed by atoms with Crippen molar-refractivity contribution in [3.63, 3.8) is 0 Å². The van der Waals surface area contributed by atoms with Gasteiger partial charge in [-0.2, -0.15) is 11.8 Å². The largest absolute Gasteiger partial charge is 0.395 e. The van der Waals surface area contributed by atoms with E-state index in [2.05, 4.69) is 26.1 Å². The van der Waals surface area contributed by atoms with Crippen LogP contribution in [0.25, 0.3) is 0 Å². The van der Waals surface area contributed by atoms with E-state index in [0.717, 1.165) is 5.75 Å². The molecular weight excluding hydrogens is 158 g/mol. The van der Waals surface area contributed by atoms with Crippen LogP contribution in [0.4, 0.5) is 0 Å². The minimum Gasteiger partial charge on any atom is -0.395 e. The predicted molar refractivity (Wildman–Crippen MR) is 52.1 cm³/mol. The van der Waals surface area contributed by atoms with E-state index in [1.54, 1.807) is 0 Å². The van der Waals surface area contributed by atoms with Crippen LogP contribution in [0.15, 0.2) is 0 Å². The number of hydrogen-bond acceptors (Lipinski definition) is 3.